The first kappa shape index (κ1) is 17.3. The van der Waals surface area contributed by atoms with Crippen molar-refractivity contribution in [1.29, 1.82) is 0 Å². The molecule has 1 atom stereocenters. The Balaban J connectivity index is 2.14. The van der Waals surface area contributed by atoms with Gasteiger partial charge < -0.3 is 4.90 Å². The minimum atomic E-state index is -0.476. The van der Waals surface area contributed by atoms with E-state index in [0.29, 0.717) is 11.1 Å². The third kappa shape index (κ3) is 4.04. The Morgan fingerprint density at radius 3 is 2.62 bits per heavy atom. The molecule has 1 amide bonds. The summed E-state index contributed by atoms with van der Waals surface area (Å²) in [6.45, 7) is 1.77. The Bertz CT molecular complexity index is 789. The Morgan fingerprint density at radius 2 is 1.96 bits per heavy atom. The summed E-state index contributed by atoms with van der Waals surface area (Å²) in [4.78, 5) is 24.1. The van der Waals surface area contributed by atoms with Gasteiger partial charge in [0.1, 0.15) is 5.82 Å². The van der Waals surface area contributed by atoms with Gasteiger partial charge in [-0.3, -0.25) is 14.9 Å². The lowest BCUT2D eigenvalue weighted by molar-refractivity contribution is -0.384. The molecule has 0 radical (unpaired) electrons. The first-order valence-corrected chi connectivity index (χ1v) is 7.34. The molecular weight excluding hydrogens is 311 g/mol. The fourth-order valence-corrected chi connectivity index (χ4v) is 2.20. The summed E-state index contributed by atoms with van der Waals surface area (Å²) < 4.78 is 13.5. The summed E-state index contributed by atoms with van der Waals surface area (Å²) in [5, 5.41) is 10.8. The number of hydrogen-bond acceptors (Lipinski definition) is 3. The second kappa shape index (κ2) is 7.50. The molecule has 0 N–H and O–H groups in total. The van der Waals surface area contributed by atoms with E-state index in [1.807, 2.05) is 0 Å². The highest BCUT2D eigenvalue weighted by Crippen LogP contribution is 2.23. The van der Waals surface area contributed by atoms with Crippen LogP contribution in [0.5, 0.6) is 0 Å². The van der Waals surface area contributed by atoms with Crippen molar-refractivity contribution in [1.82, 2.24) is 4.90 Å². The average Bonchev–Trinajstić information content (AvgIpc) is 2.59. The maximum Gasteiger partial charge on any atom is 0.269 e. The Labute approximate surface area is 139 Å². The lowest BCUT2D eigenvalue weighted by atomic mass is 10.1. The van der Waals surface area contributed by atoms with E-state index in [1.165, 1.54) is 35.3 Å². The SMILES string of the molecule is C[C@H](c1cccc([N+](=O)[O-])c1)N(C)C(=O)/C=C/c1ccccc1F. The highest BCUT2D eigenvalue weighted by atomic mass is 19.1. The molecule has 0 aliphatic rings. The minimum Gasteiger partial charge on any atom is -0.335 e. The Hall–Kier alpha value is -3.02. The highest BCUT2D eigenvalue weighted by molar-refractivity contribution is 5.91. The number of nitrogens with zero attached hydrogens (tertiary/aromatic N) is 2. The van der Waals surface area contributed by atoms with Crippen LogP contribution in [-0.4, -0.2) is 22.8 Å². The highest BCUT2D eigenvalue weighted by Gasteiger charge is 2.17. The van der Waals surface area contributed by atoms with Crippen LogP contribution in [0.2, 0.25) is 0 Å². The van der Waals surface area contributed by atoms with Gasteiger partial charge >= 0.3 is 0 Å². The van der Waals surface area contributed by atoms with Gasteiger partial charge in [-0.05, 0) is 24.6 Å². The molecule has 2 aromatic carbocycles. The van der Waals surface area contributed by atoms with Crippen molar-refractivity contribution in [3.8, 4) is 0 Å². The monoisotopic (exact) mass is 328 g/mol. The summed E-state index contributed by atoms with van der Waals surface area (Å²) in [6, 6.07) is 11.9. The van der Waals surface area contributed by atoms with Crippen LogP contribution in [0.15, 0.2) is 54.6 Å². The van der Waals surface area contributed by atoms with E-state index in [4.69, 9.17) is 0 Å². The van der Waals surface area contributed by atoms with Crippen molar-refractivity contribution < 1.29 is 14.1 Å². The molecule has 5 nitrogen and oxygen atoms in total. The summed E-state index contributed by atoms with van der Waals surface area (Å²) in [5.74, 6) is -0.729. The number of nitro groups is 1. The second-order valence-corrected chi connectivity index (χ2v) is 5.33. The van der Waals surface area contributed by atoms with Gasteiger partial charge in [-0.25, -0.2) is 4.39 Å². The van der Waals surface area contributed by atoms with Crippen molar-refractivity contribution in [3.63, 3.8) is 0 Å². The molecule has 0 fully saturated rings. The first-order chi connectivity index (χ1) is 11.4. The third-order valence-electron chi connectivity index (χ3n) is 3.80. The number of nitro benzene ring substituents is 1. The zero-order valence-electron chi connectivity index (χ0n) is 13.3. The zero-order chi connectivity index (χ0) is 17.7. The number of amides is 1. The van der Waals surface area contributed by atoms with Crippen LogP contribution < -0.4 is 0 Å². The van der Waals surface area contributed by atoms with Crippen LogP contribution >= 0.6 is 0 Å². The predicted molar refractivity (Wildman–Crippen MR) is 89.7 cm³/mol. The molecule has 0 heterocycles. The van der Waals surface area contributed by atoms with Crippen molar-refractivity contribution in [2.75, 3.05) is 7.05 Å². The van der Waals surface area contributed by atoms with E-state index in [2.05, 4.69) is 0 Å². The maximum atomic E-state index is 13.5. The molecule has 2 aromatic rings. The summed E-state index contributed by atoms with van der Waals surface area (Å²) in [7, 11) is 1.59. The Kier molecular flexibility index (Phi) is 5.42. The van der Waals surface area contributed by atoms with Crippen LogP contribution in [0, 0.1) is 15.9 Å². The number of carbonyl (C=O) groups is 1. The molecule has 124 valence electrons. The molecule has 24 heavy (non-hydrogen) atoms. The topological polar surface area (TPSA) is 63.5 Å². The molecule has 6 heteroatoms. The van der Waals surface area contributed by atoms with Crippen molar-refractivity contribution in [2.24, 2.45) is 0 Å². The summed E-state index contributed by atoms with van der Waals surface area (Å²) >= 11 is 0. The molecular formula is C18H17FN2O3. The molecule has 2 rings (SSSR count). The summed E-state index contributed by atoms with van der Waals surface area (Å²) in [5.41, 5.74) is 0.948. The van der Waals surface area contributed by atoms with Gasteiger partial charge in [-0.1, -0.05) is 30.3 Å². The van der Waals surface area contributed by atoms with Gasteiger partial charge in [0.25, 0.3) is 5.69 Å². The normalized spacial score (nSPS) is 12.1. The molecule has 0 unspecified atom stereocenters. The van der Waals surface area contributed by atoms with Crippen LogP contribution in [0.25, 0.3) is 6.08 Å². The van der Waals surface area contributed by atoms with E-state index in [9.17, 15) is 19.3 Å². The number of rotatable bonds is 5. The van der Waals surface area contributed by atoms with Gasteiger partial charge in [0.15, 0.2) is 0 Å². The lowest BCUT2D eigenvalue weighted by Gasteiger charge is -2.24. The summed E-state index contributed by atoms with van der Waals surface area (Å²) in [6.07, 6.45) is 2.70. The lowest BCUT2D eigenvalue weighted by Crippen LogP contribution is -2.28. The number of carbonyl (C=O) groups excluding carboxylic acids is 1. The molecule has 0 aliphatic carbocycles. The van der Waals surface area contributed by atoms with E-state index in [0.717, 1.165) is 0 Å². The average molecular weight is 328 g/mol. The van der Waals surface area contributed by atoms with E-state index in [-0.39, 0.29) is 17.6 Å². The minimum absolute atomic E-state index is 0.0258. The smallest absolute Gasteiger partial charge is 0.269 e. The standard InChI is InChI=1S/C18H17FN2O3/c1-13(15-7-5-8-16(12-15)21(23)24)20(2)18(22)11-10-14-6-3-4-9-17(14)19/h3-13H,1-2H3/b11-10+/t13-/m1/s1. The van der Waals surface area contributed by atoms with Gasteiger partial charge in [0.05, 0.1) is 11.0 Å². The molecule has 0 aliphatic heterocycles. The second-order valence-electron chi connectivity index (χ2n) is 5.33. The van der Waals surface area contributed by atoms with E-state index < -0.39 is 10.7 Å². The van der Waals surface area contributed by atoms with E-state index >= 15 is 0 Å². The van der Waals surface area contributed by atoms with Crippen LogP contribution in [-0.2, 0) is 4.79 Å². The van der Waals surface area contributed by atoms with Gasteiger partial charge in [0.2, 0.25) is 5.91 Å². The van der Waals surface area contributed by atoms with Gasteiger partial charge in [0, 0.05) is 30.8 Å². The zero-order valence-corrected chi connectivity index (χ0v) is 13.3. The predicted octanol–water partition coefficient (Wildman–Crippen LogP) is 3.97. The maximum absolute atomic E-state index is 13.5. The third-order valence-corrected chi connectivity index (χ3v) is 3.80. The van der Waals surface area contributed by atoms with Crippen LogP contribution in [0.1, 0.15) is 24.1 Å². The molecule has 0 aromatic heterocycles. The number of likely N-dealkylation sites (N-methyl/N-ethyl adjacent to an activating group) is 1. The number of halogens is 1. The number of non-ortho nitro benzene ring substituents is 1. The molecule has 0 saturated carbocycles. The molecule has 0 spiro atoms. The Morgan fingerprint density at radius 1 is 1.25 bits per heavy atom. The van der Waals surface area contributed by atoms with Crippen LogP contribution in [0.4, 0.5) is 10.1 Å². The first-order valence-electron chi connectivity index (χ1n) is 7.34. The van der Waals surface area contributed by atoms with Crippen molar-refractivity contribution >= 4 is 17.7 Å². The quantitative estimate of drug-likeness (QED) is 0.474. The molecule has 0 bridgehead atoms. The van der Waals surface area contributed by atoms with Gasteiger partial charge in [-0.15, -0.1) is 0 Å². The fourth-order valence-electron chi connectivity index (χ4n) is 2.20. The number of benzene rings is 2. The fraction of sp³-hybridized carbons (Fsp3) is 0.167. The van der Waals surface area contributed by atoms with Crippen molar-refractivity contribution in [3.05, 3.63) is 81.7 Å². The van der Waals surface area contributed by atoms with Gasteiger partial charge in [-0.2, -0.15) is 0 Å². The van der Waals surface area contributed by atoms with E-state index in [1.54, 1.807) is 44.3 Å². The largest absolute Gasteiger partial charge is 0.335 e. The molecule has 0 saturated heterocycles. The van der Waals surface area contributed by atoms with Crippen LogP contribution in [0.3, 0.4) is 0 Å². The number of hydrogen-bond donors (Lipinski definition) is 0. The van der Waals surface area contributed by atoms with Crippen molar-refractivity contribution in [2.45, 2.75) is 13.0 Å².